The lowest BCUT2D eigenvalue weighted by atomic mass is 10.1. The highest BCUT2D eigenvalue weighted by Gasteiger charge is 2.20. The molecule has 0 spiro atoms. The molecule has 6 nitrogen and oxygen atoms in total. The molecule has 0 aliphatic heterocycles. The van der Waals surface area contributed by atoms with Crippen LogP contribution in [0.25, 0.3) is 0 Å². The minimum Gasteiger partial charge on any atom is -0.493 e. The molecule has 140 valence electrons. The Bertz CT molecular complexity index is 726. The number of rotatable bonds is 8. The third kappa shape index (κ3) is 4.98. The molecule has 26 heavy (non-hydrogen) atoms. The van der Waals surface area contributed by atoms with Crippen LogP contribution in [0, 0.1) is 0 Å². The summed E-state index contributed by atoms with van der Waals surface area (Å²) < 4.78 is 39.6. The van der Waals surface area contributed by atoms with Gasteiger partial charge in [0.05, 0.1) is 14.2 Å². The quantitative estimate of drug-likeness (QED) is 0.702. The van der Waals surface area contributed by atoms with E-state index in [0.29, 0.717) is 18.7 Å². The Kier molecular flexibility index (Phi) is 6.60. The predicted octanol–water partition coefficient (Wildman–Crippen LogP) is 2.86. The molecule has 2 aromatic carbocycles. The van der Waals surface area contributed by atoms with E-state index in [4.69, 9.17) is 15.2 Å². The van der Waals surface area contributed by atoms with Gasteiger partial charge in [0.1, 0.15) is 0 Å². The zero-order valence-corrected chi connectivity index (χ0v) is 14.4. The van der Waals surface area contributed by atoms with Crippen LogP contribution in [0.3, 0.4) is 0 Å². The minimum atomic E-state index is -3.04. The highest BCUT2D eigenvalue weighted by molar-refractivity contribution is 5.95. The van der Waals surface area contributed by atoms with Gasteiger partial charge in [-0.25, -0.2) is 0 Å². The van der Waals surface area contributed by atoms with Crippen molar-refractivity contribution in [2.75, 3.05) is 26.5 Å². The van der Waals surface area contributed by atoms with Gasteiger partial charge in [-0.2, -0.15) is 8.78 Å². The topological polar surface area (TPSA) is 82.8 Å². The number of carbonyl (C=O) groups excluding carboxylic acids is 1. The first kappa shape index (κ1) is 19.3. The van der Waals surface area contributed by atoms with Crippen molar-refractivity contribution in [2.45, 2.75) is 13.0 Å². The summed E-state index contributed by atoms with van der Waals surface area (Å²) in [5, 5.41) is 2.75. The van der Waals surface area contributed by atoms with Crippen molar-refractivity contribution in [1.82, 2.24) is 5.32 Å². The number of nitrogen functional groups attached to an aromatic ring is 1. The second-order valence-electron chi connectivity index (χ2n) is 5.34. The number of nitrogens with two attached hydrogens (primary N) is 1. The maximum atomic E-state index is 12.5. The Morgan fingerprint density at radius 1 is 1.12 bits per heavy atom. The molecule has 0 fully saturated rings. The number of methoxy groups -OCH3 is 2. The normalized spacial score (nSPS) is 10.5. The van der Waals surface area contributed by atoms with Crippen molar-refractivity contribution in [3.8, 4) is 17.2 Å². The van der Waals surface area contributed by atoms with Gasteiger partial charge in [-0.05, 0) is 36.2 Å². The molecule has 0 atom stereocenters. The average Bonchev–Trinajstić information content (AvgIpc) is 2.62. The Morgan fingerprint density at radius 3 is 2.19 bits per heavy atom. The van der Waals surface area contributed by atoms with Gasteiger partial charge in [0, 0.05) is 17.8 Å². The Morgan fingerprint density at radius 2 is 1.69 bits per heavy atom. The Hall–Kier alpha value is -3.03. The monoisotopic (exact) mass is 366 g/mol. The molecule has 2 aromatic rings. The first-order valence-electron chi connectivity index (χ1n) is 7.78. The summed E-state index contributed by atoms with van der Waals surface area (Å²) in [7, 11) is 2.58. The molecular weight excluding hydrogens is 346 g/mol. The molecule has 0 saturated heterocycles. The molecule has 0 radical (unpaired) electrons. The number of nitrogens with one attached hydrogen (secondary N) is 1. The van der Waals surface area contributed by atoms with E-state index < -0.39 is 6.61 Å². The minimum absolute atomic E-state index is 0.0201. The molecule has 2 rings (SSSR count). The first-order valence-corrected chi connectivity index (χ1v) is 7.78. The van der Waals surface area contributed by atoms with Crippen LogP contribution < -0.4 is 25.3 Å². The van der Waals surface area contributed by atoms with Gasteiger partial charge in [0.25, 0.3) is 5.91 Å². The number of alkyl halides is 2. The van der Waals surface area contributed by atoms with E-state index in [1.807, 2.05) is 12.1 Å². The molecule has 0 unspecified atom stereocenters. The van der Waals surface area contributed by atoms with Crippen molar-refractivity contribution >= 4 is 11.6 Å². The number of anilines is 1. The van der Waals surface area contributed by atoms with E-state index in [9.17, 15) is 13.6 Å². The predicted molar refractivity (Wildman–Crippen MR) is 93.1 cm³/mol. The highest BCUT2D eigenvalue weighted by Crippen LogP contribution is 2.39. The van der Waals surface area contributed by atoms with Gasteiger partial charge >= 0.3 is 6.61 Å². The highest BCUT2D eigenvalue weighted by atomic mass is 19.3. The fraction of sp³-hybridized carbons (Fsp3) is 0.278. The molecule has 0 aliphatic rings. The number of amides is 1. The smallest absolute Gasteiger partial charge is 0.387 e. The van der Waals surface area contributed by atoms with Crippen molar-refractivity contribution in [3.63, 3.8) is 0 Å². The molecule has 0 heterocycles. The van der Waals surface area contributed by atoms with Gasteiger partial charge < -0.3 is 25.3 Å². The lowest BCUT2D eigenvalue weighted by Gasteiger charge is -2.15. The molecule has 3 N–H and O–H groups in total. The third-order valence-electron chi connectivity index (χ3n) is 3.61. The molecular formula is C18H20F2N2O4. The van der Waals surface area contributed by atoms with Gasteiger partial charge in [-0.1, -0.05) is 12.1 Å². The maximum Gasteiger partial charge on any atom is 0.387 e. The van der Waals surface area contributed by atoms with Crippen LogP contribution in [0.1, 0.15) is 15.9 Å². The second kappa shape index (κ2) is 8.89. The van der Waals surface area contributed by atoms with Crippen molar-refractivity contribution in [1.29, 1.82) is 0 Å². The van der Waals surface area contributed by atoms with Crippen molar-refractivity contribution < 1.29 is 27.8 Å². The van der Waals surface area contributed by atoms with Crippen LogP contribution in [-0.2, 0) is 6.42 Å². The van der Waals surface area contributed by atoms with E-state index >= 15 is 0 Å². The first-order chi connectivity index (χ1) is 12.4. The SMILES string of the molecule is COc1cc(C(=O)NCCc2ccc(N)cc2)cc(OC)c1OC(F)F. The van der Waals surface area contributed by atoms with E-state index in [2.05, 4.69) is 10.1 Å². The molecule has 8 heteroatoms. The summed E-state index contributed by atoms with van der Waals surface area (Å²) >= 11 is 0. The van der Waals surface area contributed by atoms with Crippen molar-refractivity contribution in [3.05, 3.63) is 47.5 Å². The summed E-state index contributed by atoms with van der Waals surface area (Å²) in [5.74, 6) is -0.689. The van der Waals surface area contributed by atoms with Gasteiger partial charge in [0.15, 0.2) is 11.5 Å². The summed E-state index contributed by atoms with van der Waals surface area (Å²) in [4.78, 5) is 12.3. The van der Waals surface area contributed by atoms with Gasteiger partial charge in [-0.15, -0.1) is 0 Å². The van der Waals surface area contributed by atoms with E-state index in [1.165, 1.54) is 26.4 Å². The van der Waals surface area contributed by atoms with Crippen LogP contribution in [-0.4, -0.2) is 33.3 Å². The van der Waals surface area contributed by atoms with Crippen LogP contribution in [0.15, 0.2) is 36.4 Å². The van der Waals surface area contributed by atoms with Gasteiger partial charge in [0.2, 0.25) is 5.75 Å². The standard InChI is InChI=1S/C18H20F2N2O4/c1-24-14-9-12(10-15(25-2)16(14)26-18(19)20)17(23)22-8-7-11-3-5-13(21)6-4-11/h3-6,9-10,18H,7-8,21H2,1-2H3,(H,22,23). The number of ether oxygens (including phenoxy) is 3. The van der Waals surface area contributed by atoms with Crippen LogP contribution in [0.2, 0.25) is 0 Å². The summed E-state index contributed by atoms with van der Waals surface area (Å²) in [6.45, 7) is -2.65. The number of benzene rings is 2. The largest absolute Gasteiger partial charge is 0.493 e. The Labute approximate surface area is 149 Å². The lowest BCUT2D eigenvalue weighted by molar-refractivity contribution is -0.0526. The van der Waals surface area contributed by atoms with E-state index in [0.717, 1.165) is 5.56 Å². The summed E-state index contributed by atoms with van der Waals surface area (Å²) in [6, 6.07) is 9.97. The second-order valence-corrected chi connectivity index (χ2v) is 5.34. The average molecular weight is 366 g/mol. The fourth-order valence-electron chi connectivity index (χ4n) is 2.32. The van der Waals surface area contributed by atoms with Crippen LogP contribution in [0.5, 0.6) is 17.2 Å². The van der Waals surface area contributed by atoms with Crippen LogP contribution in [0.4, 0.5) is 14.5 Å². The van der Waals surface area contributed by atoms with E-state index in [1.54, 1.807) is 12.1 Å². The van der Waals surface area contributed by atoms with Crippen LogP contribution >= 0.6 is 0 Å². The molecule has 1 amide bonds. The maximum absolute atomic E-state index is 12.5. The molecule has 0 bridgehead atoms. The molecule has 0 aromatic heterocycles. The summed E-state index contributed by atoms with van der Waals surface area (Å²) in [6.07, 6.45) is 0.618. The molecule has 0 aliphatic carbocycles. The number of hydrogen-bond acceptors (Lipinski definition) is 5. The number of carbonyl (C=O) groups is 1. The van der Waals surface area contributed by atoms with E-state index in [-0.39, 0.29) is 28.7 Å². The molecule has 0 saturated carbocycles. The fourth-order valence-corrected chi connectivity index (χ4v) is 2.32. The lowest BCUT2D eigenvalue weighted by Crippen LogP contribution is -2.25. The zero-order chi connectivity index (χ0) is 19.1. The number of hydrogen-bond donors (Lipinski definition) is 2. The third-order valence-corrected chi connectivity index (χ3v) is 3.61. The Balaban J connectivity index is 2.08. The van der Waals surface area contributed by atoms with Gasteiger partial charge in [-0.3, -0.25) is 4.79 Å². The summed E-state index contributed by atoms with van der Waals surface area (Å²) in [5.41, 5.74) is 7.53. The zero-order valence-electron chi connectivity index (χ0n) is 14.4. The number of halogens is 2. The van der Waals surface area contributed by atoms with Crippen molar-refractivity contribution in [2.24, 2.45) is 0 Å².